The molecule has 0 amide bonds. The van der Waals surface area contributed by atoms with Crippen molar-refractivity contribution < 1.29 is 37.9 Å². The monoisotopic (exact) mass is 987 g/mol. The molecule has 0 radical (unpaired) electrons. The first-order valence-corrected chi connectivity index (χ1v) is 22.8. The van der Waals surface area contributed by atoms with Crippen molar-refractivity contribution in [3.63, 3.8) is 0 Å². The fraction of sp³-hybridized carbons (Fsp3) is 0.519. The normalized spacial score (nSPS) is 12.5. The van der Waals surface area contributed by atoms with E-state index in [1.807, 2.05) is 60.7 Å². The van der Waals surface area contributed by atoms with Gasteiger partial charge in [-0.1, -0.05) is 52.0 Å². The van der Waals surface area contributed by atoms with Gasteiger partial charge in [0, 0.05) is 13.1 Å². The third-order valence-corrected chi connectivity index (χ3v) is 12.8. The molecular formula is C54H79CaClN4O8. The van der Waals surface area contributed by atoms with Crippen molar-refractivity contribution >= 4 is 50.1 Å². The molecule has 4 aromatic rings. The van der Waals surface area contributed by atoms with Crippen LogP contribution in [0.15, 0.2) is 72.8 Å². The van der Waals surface area contributed by atoms with Gasteiger partial charge in [0.2, 0.25) is 0 Å². The number of ether oxygens (including phenoxy) is 8. The Bertz CT molecular complexity index is 2040. The summed E-state index contributed by atoms with van der Waals surface area (Å²) < 4.78 is 43.2. The number of methoxy groups -OCH3 is 8. The van der Waals surface area contributed by atoms with E-state index >= 15 is 0 Å². The first-order chi connectivity index (χ1) is 31.7. The van der Waals surface area contributed by atoms with Crippen molar-refractivity contribution in [2.75, 3.05) is 97.2 Å². The summed E-state index contributed by atoms with van der Waals surface area (Å²) >= 11 is 0. The molecule has 2 unspecified atom stereocenters. The van der Waals surface area contributed by atoms with Crippen molar-refractivity contribution in [1.29, 1.82) is 10.5 Å². The summed E-state index contributed by atoms with van der Waals surface area (Å²) in [5.74, 6) is 5.97. The molecule has 372 valence electrons. The summed E-state index contributed by atoms with van der Waals surface area (Å²) in [6.45, 7) is 12.1. The molecule has 12 nitrogen and oxygen atoms in total. The zero-order valence-electron chi connectivity index (χ0n) is 42.6. The first kappa shape index (κ1) is 61.7. The molecule has 4 rings (SSSR count). The predicted octanol–water partition coefficient (Wildman–Crippen LogP) is 9.69. The summed E-state index contributed by atoms with van der Waals surface area (Å²) in [5, 5.41) is 20.5. The van der Waals surface area contributed by atoms with E-state index in [9.17, 15) is 10.5 Å². The van der Waals surface area contributed by atoms with Crippen LogP contribution in [0.25, 0.3) is 0 Å². The van der Waals surface area contributed by atoms with Gasteiger partial charge in [-0.25, -0.2) is 0 Å². The van der Waals surface area contributed by atoms with E-state index in [1.165, 1.54) is 11.1 Å². The van der Waals surface area contributed by atoms with Crippen LogP contribution in [0.5, 0.6) is 46.0 Å². The molecule has 0 saturated carbocycles. The van der Waals surface area contributed by atoms with Crippen LogP contribution in [0.1, 0.15) is 75.6 Å². The first-order valence-electron chi connectivity index (χ1n) is 22.8. The summed E-state index contributed by atoms with van der Waals surface area (Å²) in [7, 11) is 17.3. The number of rotatable bonds is 26. The van der Waals surface area contributed by atoms with E-state index in [-0.39, 0.29) is 62.0 Å². The Kier molecular flexibility index (Phi) is 28.2. The van der Waals surface area contributed by atoms with Crippen LogP contribution in [0.4, 0.5) is 0 Å². The van der Waals surface area contributed by atoms with Crippen LogP contribution in [0, 0.1) is 34.5 Å². The quantitative estimate of drug-likeness (QED) is 0.0556. The van der Waals surface area contributed by atoms with Crippen molar-refractivity contribution in [2.24, 2.45) is 11.8 Å². The van der Waals surface area contributed by atoms with Gasteiger partial charge < -0.3 is 47.7 Å². The van der Waals surface area contributed by atoms with Crippen LogP contribution >= 0.6 is 12.4 Å². The van der Waals surface area contributed by atoms with Gasteiger partial charge in [0.1, 0.15) is 0 Å². The predicted molar refractivity (Wildman–Crippen MR) is 279 cm³/mol. The SMILES string of the molecule is COc1ccc(CCN(C)CCCC(C#N)(c2ccc(OC)c(OC)c2)C(C)C)cc1OC.COc1ccc(CCN(C)CCCC(C#N)(c2ccc(OC)c(OC)c2)C(C)C)cc1OC.Cl.[CaH2]. The van der Waals surface area contributed by atoms with Crippen LogP contribution in [0.2, 0.25) is 0 Å². The zero-order chi connectivity index (χ0) is 48.9. The molecule has 0 bridgehead atoms. The van der Waals surface area contributed by atoms with E-state index in [1.54, 1.807) is 56.9 Å². The van der Waals surface area contributed by atoms with Crippen molar-refractivity contribution in [3.8, 4) is 58.1 Å². The summed E-state index contributed by atoms with van der Waals surface area (Å²) in [4.78, 5) is 4.63. The Morgan fingerprint density at radius 3 is 0.985 bits per heavy atom. The Labute approximate surface area is 444 Å². The topological polar surface area (TPSA) is 128 Å². The fourth-order valence-corrected chi connectivity index (χ4v) is 8.45. The summed E-state index contributed by atoms with van der Waals surface area (Å²) in [6.07, 6.45) is 5.22. The number of halogens is 1. The molecule has 0 aliphatic carbocycles. The van der Waals surface area contributed by atoms with Gasteiger partial charge in [-0.05, 0) is 148 Å². The van der Waals surface area contributed by atoms with E-state index in [2.05, 4.69) is 75.9 Å². The van der Waals surface area contributed by atoms with E-state index < -0.39 is 10.8 Å². The van der Waals surface area contributed by atoms with Gasteiger partial charge in [0.25, 0.3) is 0 Å². The fourth-order valence-electron chi connectivity index (χ4n) is 8.45. The Balaban J connectivity index is 0.000000661. The number of nitriles is 2. The Morgan fingerprint density at radius 2 is 0.721 bits per heavy atom. The molecule has 0 aromatic heterocycles. The van der Waals surface area contributed by atoms with E-state index in [0.29, 0.717) is 23.0 Å². The third kappa shape index (κ3) is 16.4. The van der Waals surface area contributed by atoms with Crippen molar-refractivity contribution in [3.05, 3.63) is 95.1 Å². The van der Waals surface area contributed by atoms with Crippen LogP contribution < -0.4 is 37.9 Å². The molecule has 0 heterocycles. The van der Waals surface area contributed by atoms with Gasteiger partial charge in [-0.3, -0.25) is 0 Å². The molecule has 68 heavy (non-hydrogen) atoms. The minimum atomic E-state index is -0.580. The summed E-state index contributed by atoms with van der Waals surface area (Å²) in [6, 6.07) is 29.0. The van der Waals surface area contributed by atoms with Gasteiger partial charge >= 0.3 is 37.7 Å². The number of hydrogen-bond donors (Lipinski definition) is 0. The van der Waals surface area contributed by atoms with Gasteiger partial charge in [0.15, 0.2) is 46.0 Å². The maximum atomic E-state index is 10.2. The third-order valence-electron chi connectivity index (χ3n) is 12.8. The minimum absolute atomic E-state index is 0. The number of nitrogens with zero attached hydrogens (tertiary/aromatic N) is 4. The van der Waals surface area contributed by atoms with Gasteiger partial charge in [-0.15, -0.1) is 12.4 Å². The molecule has 14 heteroatoms. The number of benzene rings is 4. The molecule has 2 atom stereocenters. The van der Waals surface area contributed by atoms with Gasteiger partial charge in [-0.2, -0.15) is 10.5 Å². The summed E-state index contributed by atoms with van der Waals surface area (Å²) in [5.41, 5.74) is 3.21. The molecule has 0 fully saturated rings. The van der Waals surface area contributed by atoms with Crippen molar-refractivity contribution in [1.82, 2.24) is 9.80 Å². The average molecular weight is 988 g/mol. The number of likely N-dealkylation sites (N-methyl/N-ethyl adjacent to an activating group) is 2. The Hall–Kier alpha value is -4.27. The van der Waals surface area contributed by atoms with Crippen LogP contribution in [-0.2, 0) is 23.7 Å². The average Bonchev–Trinajstić information content (AvgIpc) is 3.34. The van der Waals surface area contributed by atoms with Gasteiger partial charge in [0.05, 0.1) is 79.8 Å². The molecule has 0 aliphatic heterocycles. The standard InChI is InChI=1S/2C27H38N2O4.Ca.ClH.2H/c2*1-20(2)27(19-28,22-10-12-24(31-5)26(18-22)33-7)14-8-15-29(3)16-13-21-9-11-23(30-4)25(17-21)32-6;;;;/h2*9-12,17-18,20H,8,13-16H2,1-7H3;;1H;;. The molecule has 0 spiro atoms. The molecule has 0 aliphatic rings. The molecule has 0 N–H and O–H groups in total. The molecule has 0 saturated heterocycles. The molecular weight excluding hydrogens is 908 g/mol. The number of hydrogen-bond acceptors (Lipinski definition) is 12. The van der Waals surface area contributed by atoms with Crippen molar-refractivity contribution in [2.45, 2.75) is 77.0 Å². The maximum absolute atomic E-state index is 10.2. The van der Waals surface area contributed by atoms with E-state index in [4.69, 9.17) is 37.9 Å². The van der Waals surface area contributed by atoms with E-state index in [0.717, 1.165) is 98.8 Å². The van der Waals surface area contributed by atoms with Crippen LogP contribution in [-0.4, -0.2) is 145 Å². The van der Waals surface area contributed by atoms with Crippen LogP contribution in [0.3, 0.4) is 0 Å². The second-order valence-corrected chi connectivity index (χ2v) is 17.3. The second-order valence-electron chi connectivity index (χ2n) is 17.3. The second kappa shape index (κ2) is 31.1. The zero-order valence-corrected chi connectivity index (χ0v) is 43.4. The Morgan fingerprint density at radius 1 is 0.441 bits per heavy atom. The molecule has 4 aromatic carbocycles.